The third-order valence-corrected chi connectivity index (χ3v) is 5.31. The number of thioether (sulfide) groups is 1. The molecule has 0 fully saturated rings. The van der Waals surface area contributed by atoms with Crippen molar-refractivity contribution < 1.29 is 23.0 Å². The van der Waals surface area contributed by atoms with Crippen molar-refractivity contribution in [3.05, 3.63) is 59.9 Å². The Labute approximate surface area is 182 Å². The van der Waals surface area contributed by atoms with E-state index in [0.29, 0.717) is 29.0 Å². The molecule has 1 aromatic heterocycles. The molecule has 1 unspecified atom stereocenters. The van der Waals surface area contributed by atoms with E-state index < -0.39 is 29.3 Å². The predicted molar refractivity (Wildman–Crippen MR) is 113 cm³/mol. The van der Waals surface area contributed by atoms with Gasteiger partial charge in [-0.1, -0.05) is 23.9 Å². The molecule has 0 radical (unpaired) electrons. The lowest BCUT2D eigenvalue weighted by molar-refractivity contribution is -0.113. The van der Waals surface area contributed by atoms with Crippen LogP contribution in [0.2, 0.25) is 0 Å². The van der Waals surface area contributed by atoms with Crippen LogP contribution in [0.5, 0.6) is 11.5 Å². The summed E-state index contributed by atoms with van der Waals surface area (Å²) in [6, 6.07) is 10.6. The molecule has 0 spiro atoms. The first-order chi connectivity index (χ1) is 14.9. The van der Waals surface area contributed by atoms with Crippen LogP contribution in [-0.2, 0) is 11.3 Å². The van der Waals surface area contributed by atoms with Gasteiger partial charge in [0, 0.05) is 12.6 Å². The molecule has 31 heavy (non-hydrogen) atoms. The minimum absolute atomic E-state index is 0.0863. The van der Waals surface area contributed by atoms with Crippen molar-refractivity contribution >= 4 is 23.4 Å². The Balaban J connectivity index is 1.66. The molecule has 0 aliphatic rings. The van der Waals surface area contributed by atoms with Gasteiger partial charge in [-0.25, -0.2) is 8.78 Å². The van der Waals surface area contributed by atoms with Crippen molar-refractivity contribution in [3.63, 3.8) is 0 Å². The maximum absolute atomic E-state index is 13.7. The maximum atomic E-state index is 13.7. The Kier molecular flexibility index (Phi) is 7.45. The molecule has 1 amide bonds. The number of para-hydroxylation sites is 1. The fourth-order valence-electron chi connectivity index (χ4n) is 2.86. The van der Waals surface area contributed by atoms with Crippen LogP contribution in [-0.4, -0.2) is 33.5 Å². The van der Waals surface area contributed by atoms with E-state index in [9.17, 15) is 13.6 Å². The van der Waals surface area contributed by atoms with E-state index in [1.807, 2.05) is 36.6 Å². The van der Waals surface area contributed by atoms with Gasteiger partial charge in [0.2, 0.25) is 5.91 Å². The molecule has 0 saturated heterocycles. The normalized spacial score (nSPS) is 11.8. The summed E-state index contributed by atoms with van der Waals surface area (Å²) in [7, 11) is 1.58. The van der Waals surface area contributed by atoms with Crippen LogP contribution in [0.1, 0.15) is 25.8 Å². The monoisotopic (exact) mass is 448 g/mol. The van der Waals surface area contributed by atoms with Gasteiger partial charge in [0.05, 0.1) is 12.9 Å². The Hall–Kier alpha value is -3.14. The fraction of sp³-hybridized carbons (Fsp3) is 0.286. The summed E-state index contributed by atoms with van der Waals surface area (Å²) in [5.74, 6) is -0.415. The number of hydrogen-bond acceptors (Lipinski definition) is 6. The Bertz CT molecular complexity index is 1040. The predicted octanol–water partition coefficient (Wildman–Crippen LogP) is 4.46. The second-order valence-corrected chi connectivity index (χ2v) is 7.40. The number of hydrogen-bond donors (Lipinski definition) is 1. The van der Waals surface area contributed by atoms with Crippen molar-refractivity contribution in [1.29, 1.82) is 0 Å². The topological polar surface area (TPSA) is 78.3 Å². The minimum Gasteiger partial charge on any atom is -0.497 e. The highest BCUT2D eigenvalue weighted by Crippen LogP contribution is 2.27. The molecule has 3 aromatic rings. The lowest BCUT2D eigenvalue weighted by Crippen LogP contribution is -2.17. The van der Waals surface area contributed by atoms with Crippen molar-refractivity contribution in [3.8, 4) is 11.5 Å². The van der Waals surface area contributed by atoms with E-state index in [4.69, 9.17) is 9.47 Å². The summed E-state index contributed by atoms with van der Waals surface area (Å²) in [6.07, 6.45) is -0.407. The zero-order valence-electron chi connectivity index (χ0n) is 17.3. The molecular weight excluding hydrogens is 426 g/mol. The van der Waals surface area contributed by atoms with Crippen LogP contribution in [0.4, 0.5) is 14.5 Å². The van der Waals surface area contributed by atoms with E-state index in [2.05, 4.69) is 15.5 Å². The average Bonchev–Trinajstić information content (AvgIpc) is 3.18. The molecule has 3 rings (SSSR count). The summed E-state index contributed by atoms with van der Waals surface area (Å²) < 4.78 is 40.4. The number of rotatable bonds is 9. The molecule has 1 atom stereocenters. The van der Waals surface area contributed by atoms with Gasteiger partial charge >= 0.3 is 0 Å². The molecule has 1 N–H and O–H groups in total. The molecule has 0 aliphatic heterocycles. The summed E-state index contributed by atoms with van der Waals surface area (Å²) in [5, 5.41) is 11.1. The molecule has 0 saturated carbocycles. The summed E-state index contributed by atoms with van der Waals surface area (Å²) in [4.78, 5) is 12.2. The molecular formula is C21H22F2N4O3S. The molecule has 164 valence electrons. The number of aromatic nitrogens is 3. The van der Waals surface area contributed by atoms with Gasteiger partial charge in [-0.3, -0.25) is 4.79 Å². The van der Waals surface area contributed by atoms with Gasteiger partial charge in [0.1, 0.15) is 28.8 Å². The van der Waals surface area contributed by atoms with E-state index >= 15 is 0 Å². The summed E-state index contributed by atoms with van der Waals surface area (Å²) in [6.45, 7) is 4.32. The number of ether oxygens (including phenoxy) is 2. The molecule has 7 nitrogen and oxygen atoms in total. The van der Waals surface area contributed by atoms with Gasteiger partial charge in [-0.2, -0.15) is 0 Å². The Morgan fingerprint density at radius 3 is 2.52 bits per heavy atom. The number of nitrogens with one attached hydrogen (secondary N) is 1. The number of benzene rings is 2. The standard InChI is InChI=1S/C21H22F2N4O3S/c1-4-27-20(13(2)30-15-8-5-7-14(11-15)29-3)25-26-21(27)31-12-18(28)24-19-16(22)9-6-10-17(19)23/h5-11,13H,4,12H2,1-3H3,(H,24,28). The van der Waals surface area contributed by atoms with E-state index in [1.54, 1.807) is 13.2 Å². The van der Waals surface area contributed by atoms with Crippen LogP contribution in [0.25, 0.3) is 0 Å². The molecule has 0 aliphatic carbocycles. The average molecular weight is 448 g/mol. The second-order valence-electron chi connectivity index (χ2n) is 6.46. The first-order valence-electron chi connectivity index (χ1n) is 9.53. The van der Waals surface area contributed by atoms with Crippen LogP contribution in [0.15, 0.2) is 47.6 Å². The summed E-state index contributed by atoms with van der Waals surface area (Å²) in [5.41, 5.74) is -0.467. The first kappa shape index (κ1) is 22.5. The van der Waals surface area contributed by atoms with Crippen LogP contribution in [0.3, 0.4) is 0 Å². The maximum Gasteiger partial charge on any atom is 0.235 e. The molecule has 0 bridgehead atoms. The van der Waals surface area contributed by atoms with Gasteiger partial charge in [0.25, 0.3) is 0 Å². The van der Waals surface area contributed by atoms with Crippen molar-refractivity contribution in [2.45, 2.75) is 31.7 Å². The van der Waals surface area contributed by atoms with E-state index in [1.165, 1.54) is 6.07 Å². The van der Waals surface area contributed by atoms with Gasteiger partial charge < -0.3 is 19.4 Å². The Morgan fingerprint density at radius 2 is 1.84 bits per heavy atom. The number of carbonyl (C=O) groups excluding carboxylic acids is 1. The largest absolute Gasteiger partial charge is 0.497 e. The fourth-order valence-corrected chi connectivity index (χ4v) is 3.67. The SMILES string of the molecule is CCn1c(SCC(=O)Nc2c(F)cccc2F)nnc1C(C)Oc1cccc(OC)c1. The number of methoxy groups -OCH3 is 1. The molecule has 2 aromatic carbocycles. The Morgan fingerprint density at radius 1 is 1.16 bits per heavy atom. The first-order valence-corrected chi connectivity index (χ1v) is 10.5. The van der Waals surface area contributed by atoms with Crippen molar-refractivity contribution in [2.75, 3.05) is 18.2 Å². The lowest BCUT2D eigenvalue weighted by Gasteiger charge is -2.16. The van der Waals surface area contributed by atoms with Crippen LogP contribution in [0, 0.1) is 11.6 Å². The minimum atomic E-state index is -0.833. The van der Waals surface area contributed by atoms with Gasteiger partial charge in [0.15, 0.2) is 17.1 Å². The van der Waals surface area contributed by atoms with Crippen molar-refractivity contribution in [2.24, 2.45) is 0 Å². The molecule has 1 heterocycles. The lowest BCUT2D eigenvalue weighted by atomic mass is 10.3. The quantitative estimate of drug-likeness (QED) is 0.487. The third kappa shape index (κ3) is 5.52. The smallest absolute Gasteiger partial charge is 0.235 e. The third-order valence-electron chi connectivity index (χ3n) is 4.34. The molecule has 10 heteroatoms. The second kappa shape index (κ2) is 10.3. The number of carbonyl (C=O) groups is 1. The highest BCUT2D eigenvalue weighted by atomic mass is 32.2. The zero-order chi connectivity index (χ0) is 22.4. The van der Waals surface area contributed by atoms with Crippen molar-refractivity contribution in [1.82, 2.24) is 14.8 Å². The number of anilines is 1. The number of nitrogens with zero attached hydrogens (tertiary/aromatic N) is 3. The summed E-state index contributed by atoms with van der Waals surface area (Å²) >= 11 is 1.12. The number of halogens is 2. The zero-order valence-corrected chi connectivity index (χ0v) is 18.1. The highest BCUT2D eigenvalue weighted by molar-refractivity contribution is 7.99. The number of amides is 1. The highest BCUT2D eigenvalue weighted by Gasteiger charge is 2.20. The van der Waals surface area contributed by atoms with Gasteiger partial charge in [-0.05, 0) is 38.1 Å². The van der Waals surface area contributed by atoms with Crippen LogP contribution < -0.4 is 14.8 Å². The van der Waals surface area contributed by atoms with E-state index in [0.717, 1.165) is 23.9 Å². The van der Waals surface area contributed by atoms with Crippen LogP contribution >= 0.6 is 11.8 Å². The van der Waals surface area contributed by atoms with E-state index in [-0.39, 0.29) is 5.75 Å². The van der Waals surface area contributed by atoms with Gasteiger partial charge in [-0.15, -0.1) is 10.2 Å².